The van der Waals surface area contributed by atoms with Gasteiger partial charge in [-0.25, -0.2) is 9.07 Å². The second-order valence-corrected chi connectivity index (χ2v) is 8.70. The fourth-order valence-electron chi connectivity index (χ4n) is 4.15. The molecule has 0 aliphatic heterocycles. The quantitative estimate of drug-likeness (QED) is 0.298. The highest BCUT2D eigenvalue weighted by atomic mass is 19.4. The summed E-state index contributed by atoms with van der Waals surface area (Å²) in [6.45, 7) is 0.0948. The smallest absolute Gasteiger partial charge is 0.326 e. The molecule has 0 saturated heterocycles. The minimum atomic E-state index is -4.49. The molecule has 0 unspecified atom stereocenters. The van der Waals surface area contributed by atoms with E-state index >= 15 is 0 Å². The van der Waals surface area contributed by atoms with E-state index in [4.69, 9.17) is 0 Å². The Balaban J connectivity index is 1.33. The molecule has 3 aromatic carbocycles. The molecular weight excluding hydrogens is 500 g/mol. The molecule has 0 radical (unpaired) electrons. The summed E-state index contributed by atoms with van der Waals surface area (Å²) in [5.41, 5.74) is 0.762. The Morgan fingerprint density at radius 2 is 1.68 bits per heavy atom. The van der Waals surface area contributed by atoms with Crippen LogP contribution >= 0.6 is 0 Å². The molecule has 2 aromatic heterocycles. The average Bonchev–Trinajstić information content (AvgIpc) is 3.28. The van der Waals surface area contributed by atoms with Crippen molar-refractivity contribution in [2.75, 3.05) is 5.32 Å². The summed E-state index contributed by atoms with van der Waals surface area (Å²) in [6, 6.07) is 20.5. The third kappa shape index (κ3) is 5.49. The number of aromatic nitrogens is 3. The molecule has 192 valence electrons. The van der Waals surface area contributed by atoms with Crippen LogP contribution in [0.5, 0.6) is 0 Å². The molecule has 2 heterocycles. The zero-order valence-electron chi connectivity index (χ0n) is 19.7. The van der Waals surface area contributed by atoms with Crippen molar-refractivity contribution < 1.29 is 22.4 Å². The van der Waals surface area contributed by atoms with E-state index in [2.05, 4.69) is 10.4 Å². The maximum absolute atomic E-state index is 13.8. The Bertz CT molecular complexity index is 1710. The van der Waals surface area contributed by atoms with Crippen molar-refractivity contribution in [3.8, 4) is 5.82 Å². The standard InChI is InChI=1S/C28H20F4N4O2/c29-22-8-7-20-11-12-35(24(20)16-22)25-9-10-27(38)36(34-25)17-19-4-2-6-23(14-19)33-26(37)15-18-3-1-5-21(13-18)28(30,31)32/h1-14,16H,15,17H2,(H,33,37). The highest BCUT2D eigenvalue weighted by Gasteiger charge is 2.30. The highest BCUT2D eigenvalue weighted by molar-refractivity contribution is 5.92. The number of carbonyl (C=O) groups is 1. The zero-order valence-corrected chi connectivity index (χ0v) is 19.7. The van der Waals surface area contributed by atoms with E-state index in [0.29, 0.717) is 22.6 Å². The lowest BCUT2D eigenvalue weighted by Crippen LogP contribution is -2.24. The SMILES string of the molecule is O=C(Cc1cccc(C(F)(F)F)c1)Nc1cccc(Cn2nc(-n3ccc4ccc(F)cc43)ccc2=O)c1. The zero-order chi connectivity index (χ0) is 26.9. The molecule has 10 heteroatoms. The molecule has 1 amide bonds. The van der Waals surface area contributed by atoms with Crippen LogP contribution in [0.2, 0.25) is 0 Å². The van der Waals surface area contributed by atoms with Gasteiger partial charge < -0.3 is 5.32 Å². The minimum absolute atomic E-state index is 0.0948. The average molecular weight is 520 g/mol. The van der Waals surface area contributed by atoms with Crippen LogP contribution in [0.3, 0.4) is 0 Å². The van der Waals surface area contributed by atoms with Crippen molar-refractivity contribution in [3.05, 3.63) is 124 Å². The Hall–Kier alpha value is -4.73. The summed E-state index contributed by atoms with van der Waals surface area (Å²) in [5, 5.41) is 7.93. The molecule has 0 aliphatic carbocycles. The van der Waals surface area contributed by atoms with Crippen LogP contribution in [0.1, 0.15) is 16.7 Å². The molecule has 0 bridgehead atoms. The number of rotatable bonds is 6. The second-order valence-electron chi connectivity index (χ2n) is 8.70. The fourth-order valence-corrected chi connectivity index (χ4v) is 4.15. The summed E-state index contributed by atoms with van der Waals surface area (Å²) >= 11 is 0. The molecule has 1 N–H and O–H groups in total. The van der Waals surface area contributed by atoms with Crippen molar-refractivity contribution in [2.24, 2.45) is 0 Å². The predicted octanol–water partition coefficient (Wildman–Crippen LogP) is 5.57. The number of fused-ring (bicyclic) bond motifs is 1. The monoisotopic (exact) mass is 520 g/mol. The van der Waals surface area contributed by atoms with Crippen molar-refractivity contribution in [1.29, 1.82) is 0 Å². The van der Waals surface area contributed by atoms with E-state index in [9.17, 15) is 27.2 Å². The van der Waals surface area contributed by atoms with Crippen molar-refractivity contribution >= 4 is 22.5 Å². The van der Waals surface area contributed by atoms with Crippen LogP contribution in [0.15, 0.2) is 95.9 Å². The van der Waals surface area contributed by atoms with E-state index in [0.717, 1.165) is 17.5 Å². The van der Waals surface area contributed by atoms with E-state index in [1.165, 1.54) is 35.0 Å². The number of benzene rings is 3. The molecule has 0 aliphatic rings. The Morgan fingerprint density at radius 1 is 0.895 bits per heavy atom. The van der Waals surface area contributed by atoms with E-state index in [-0.39, 0.29) is 24.1 Å². The molecule has 0 fully saturated rings. The summed E-state index contributed by atoms with van der Waals surface area (Å²) in [5.74, 6) is -0.445. The summed E-state index contributed by atoms with van der Waals surface area (Å²) < 4.78 is 55.6. The normalized spacial score (nSPS) is 11.6. The van der Waals surface area contributed by atoms with Gasteiger partial charge in [-0.1, -0.05) is 30.3 Å². The van der Waals surface area contributed by atoms with Gasteiger partial charge in [0.15, 0.2) is 5.82 Å². The first-order valence-corrected chi connectivity index (χ1v) is 11.6. The first-order chi connectivity index (χ1) is 18.2. The number of hydrogen-bond acceptors (Lipinski definition) is 3. The third-order valence-electron chi connectivity index (χ3n) is 5.92. The van der Waals surface area contributed by atoms with Crippen LogP contribution in [0.4, 0.5) is 23.2 Å². The van der Waals surface area contributed by atoms with Gasteiger partial charge in [-0.2, -0.15) is 18.3 Å². The lowest BCUT2D eigenvalue weighted by Gasteiger charge is -2.11. The van der Waals surface area contributed by atoms with Gasteiger partial charge in [0.25, 0.3) is 5.56 Å². The molecular formula is C28H20F4N4O2. The minimum Gasteiger partial charge on any atom is -0.326 e. The van der Waals surface area contributed by atoms with Crippen molar-refractivity contribution in [2.45, 2.75) is 19.1 Å². The van der Waals surface area contributed by atoms with Gasteiger partial charge in [0.1, 0.15) is 5.82 Å². The summed E-state index contributed by atoms with van der Waals surface area (Å²) in [7, 11) is 0. The number of halogens is 4. The number of anilines is 1. The maximum atomic E-state index is 13.8. The second kappa shape index (κ2) is 9.97. The molecule has 0 atom stereocenters. The van der Waals surface area contributed by atoms with E-state index < -0.39 is 23.5 Å². The summed E-state index contributed by atoms with van der Waals surface area (Å²) in [4.78, 5) is 25.0. The lowest BCUT2D eigenvalue weighted by molar-refractivity contribution is -0.137. The highest BCUT2D eigenvalue weighted by Crippen LogP contribution is 2.29. The molecule has 38 heavy (non-hydrogen) atoms. The van der Waals surface area contributed by atoms with E-state index in [1.54, 1.807) is 47.2 Å². The number of nitrogens with one attached hydrogen (secondary N) is 1. The van der Waals surface area contributed by atoms with Gasteiger partial charge in [0.2, 0.25) is 5.91 Å². The van der Waals surface area contributed by atoms with Gasteiger partial charge in [0, 0.05) is 23.3 Å². The number of alkyl halides is 3. The Morgan fingerprint density at radius 3 is 2.50 bits per heavy atom. The van der Waals surface area contributed by atoms with Gasteiger partial charge in [-0.3, -0.25) is 14.2 Å². The van der Waals surface area contributed by atoms with Crippen molar-refractivity contribution in [3.63, 3.8) is 0 Å². The fraction of sp³-hybridized carbons (Fsp3) is 0.107. The number of hydrogen-bond donors (Lipinski definition) is 1. The summed E-state index contributed by atoms with van der Waals surface area (Å²) in [6.07, 6.45) is -2.99. The predicted molar refractivity (Wildman–Crippen MR) is 135 cm³/mol. The van der Waals surface area contributed by atoms with Crippen LogP contribution in [0, 0.1) is 5.82 Å². The Labute approximate surface area is 213 Å². The van der Waals surface area contributed by atoms with Gasteiger partial charge in [-0.15, -0.1) is 0 Å². The Kier molecular flexibility index (Phi) is 6.54. The molecule has 0 saturated carbocycles. The molecule has 5 rings (SSSR count). The van der Waals surface area contributed by atoms with E-state index in [1.807, 2.05) is 6.07 Å². The topological polar surface area (TPSA) is 68.9 Å². The van der Waals surface area contributed by atoms with Crippen LogP contribution < -0.4 is 10.9 Å². The van der Waals surface area contributed by atoms with Gasteiger partial charge >= 0.3 is 6.18 Å². The number of carbonyl (C=O) groups excluding carboxylic acids is 1. The van der Waals surface area contributed by atoms with Gasteiger partial charge in [0.05, 0.1) is 24.0 Å². The first-order valence-electron chi connectivity index (χ1n) is 11.6. The van der Waals surface area contributed by atoms with Crippen molar-refractivity contribution in [1.82, 2.24) is 14.3 Å². The van der Waals surface area contributed by atoms with Crippen LogP contribution in [-0.2, 0) is 23.9 Å². The molecule has 5 aromatic rings. The van der Waals surface area contributed by atoms with Crippen LogP contribution in [0.25, 0.3) is 16.7 Å². The van der Waals surface area contributed by atoms with Gasteiger partial charge in [-0.05, 0) is 59.7 Å². The maximum Gasteiger partial charge on any atom is 0.416 e. The first kappa shape index (κ1) is 24.9. The van der Waals surface area contributed by atoms with Crippen LogP contribution in [-0.4, -0.2) is 20.3 Å². The number of amides is 1. The largest absolute Gasteiger partial charge is 0.416 e. The molecule has 6 nitrogen and oxygen atoms in total. The molecule has 0 spiro atoms. The lowest BCUT2D eigenvalue weighted by atomic mass is 10.1. The number of nitrogens with zero attached hydrogens (tertiary/aromatic N) is 3. The third-order valence-corrected chi connectivity index (χ3v) is 5.92.